The summed E-state index contributed by atoms with van der Waals surface area (Å²) in [6, 6.07) is 3.22. The predicted molar refractivity (Wildman–Crippen MR) is 75.0 cm³/mol. The van der Waals surface area contributed by atoms with Gasteiger partial charge in [0.05, 0.1) is 0 Å². The highest BCUT2D eigenvalue weighted by Gasteiger charge is 2.27. The van der Waals surface area contributed by atoms with Gasteiger partial charge in [0.1, 0.15) is 11.6 Å². The molecule has 0 aliphatic carbocycles. The number of carbonyl (C=O) groups is 1. The molecule has 1 N–H and O–H groups in total. The van der Waals surface area contributed by atoms with E-state index in [0.29, 0.717) is 31.8 Å². The molecule has 0 atom stereocenters. The number of amides is 1. The second-order valence-electron chi connectivity index (χ2n) is 5.51. The first-order chi connectivity index (χ1) is 11.0. The fourth-order valence-corrected chi connectivity index (χ4v) is 2.67. The number of likely N-dealkylation sites (tertiary alicyclic amines) is 1. The highest BCUT2D eigenvalue weighted by molar-refractivity contribution is 5.65. The summed E-state index contributed by atoms with van der Waals surface area (Å²) < 4.78 is 32.0. The zero-order valence-electron chi connectivity index (χ0n) is 12.2. The quantitative estimate of drug-likeness (QED) is 0.939. The summed E-state index contributed by atoms with van der Waals surface area (Å²) in [5, 5.41) is 12.7. The first kappa shape index (κ1) is 15.4. The molecule has 8 heteroatoms. The summed E-state index contributed by atoms with van der Waals surface area (Å²) in [4.78, 5) is 16.5. The van der Waals surface area contributed by atoms with Gasteiger partial charge in [-0.25, -0.2) is 13.6 Å². The van der Waals surface area contributed by atoms with E-state index < -0.39 is 17.7 Å². The minimum Gasteiger partial charge on any atom is -0.465 e. The number of halogens is 2. The Labute approximate surface area is 130 Å². The maximum atomic E-state index is 13.6. The van der Waals surface area contributed by atoms with Crippen molar-refractivity contribution in [1.29, 1.82) is 0 Å². The van der Waals surface area contributed by atoms with Crippen LogP contribution >= 0.6 is 0 Å². The maximum Gasteiger partial charge on any atom is 0.407 e. The number of hydrogen-bond donors (Lipinski definition) is 1. The van der Waals surface area contributed by atoms with E-state index in [0.717, 1.165) is 18.2 Å². The molecule has 23 heavy (non-hydrogen) atoms. The highest BCUT2D eigenvalue weighted by atomic mass is 19.1. The number of nitrogens with zero attached hydrogens (tertiary/aromatic N) is 3. The average Bonchev–Trinajstić information content (AvgIpc) is 2.99. The first-order valence-corrected chi connectivity index (χ1v) is 7.27. The minimum absolute atomic E-state index is 0.00999. The van der Waals surface area contributed by atoms with Crippen molar-refractivity contribution < 1.29 is 23.2 Å². The van der Waals surface area contributed by atoms with Gasteiger partial charge in [-0.05, 0) is 36.6 Å². The summed E-state index contributed by atoms with van der Waals surface area (Å²) >= 11 is 0. The Hall–Kier alpha value is -2.51. The number of aromatic nitrogens is 2. The molecule has 0 unspecified atom stereocenters. The monoisotopic (exact) mass is 323 g/mol. The summed E-state index contributed by atoms with van der Waals surface area (Å²) in [7, 11) is 0. The molecule has 0 spiro atoms. The lowest BCUT2D eigenvalue weighted by atomic mass is 9.97. The molecule has 1 aliphatic heterocycles. The molecule has 122 valence electrons. The van der Waals surface area contributed by atoms with E-state index >= 15 is 0 Å². The van der Waals surface area contributed by atoms with Crippen LogP contribution in [0, 0.1) is 11.6 Å². The second kappa shape index (κ2) is 6.31. The van der Waals surface area contributed by atoms with E-state index in [1.165, 1.54) is 4.90 Å². The Balaban J connectivity index is 1.67. The largest absolute Gasteiger partial charge is 0.465 e. The molecule has 3 rings (SSSR count). The van der Waals surface area contributed by atoms with Gasteiger partial charge < -0.3 is 14.5 Å². The first-order valence-electron chi connectivity index (χ1n) is 7.27. The summed E-state index contributed by atoms with van der Waals surface area (Å²) in [6.45, 7) is 0.826. The fourth-order valence-electron chi connectivity index (χ4n) is 2.67. The smallest absolute Gasteiger partial charge is 0.407 e. The standard InChI is InChI=1S/C15H15F2N3O3/c16-11-1-2-12(17)10(7-11)8-13-18-14(23-19-13)9-3-5-20(6-4-9)15(21)22/h1-2,7,9H,3-6,8H2,(H,21,22). The van der Waals surface area contributed by atoms with Crippen LogP contribution in [0.1, 0.15) is 36.0 Å². The molecule has 0 bridgehead atoms. The van der Waals surface area contributed by atoms with E-state index in [1.54, 1.807) is 0 Å². The van der Waals surface area contributed by atoms with Crippen molar-refractivity contribution >= 4 is 6.09 Å². The zero-order chi connectivity index (χ0) is 16.4. The Bertz CT molecular complexity index is 712. The van der Waals surface area contributed by atoms with Crippen molar-refractivity contribution in [3.63, 3.8) is 0 Å². The van der Waals surface area contributed by atoms with E-state index in [9.17, 15) is 13.6 Å². The van der Waals surface area contributed by atoms with Gasteiger partial charge >= 0.3 is 6.09 Å². The second-order valence-corrected chi connectivity index (χ2v) is 5.51. The van der Waals surface area contributed by atoms with Crippen LogP contribution in [0.5, 0.6) is 0 Å². The van der Waals surface area contributed by atoms with Crippen LogP contribution in [0.15, 0.2) is 22.7 Å². The van der Waals surface area contributed by atoms with Crippen molar-refractivity contribution in [2.45, 2.75) is 25.2 Å². The Kier molecular flexibility index (Phi) is 4.22. The number of piperidine rings is 1. The van der Waals surface area contributed by atoms with Crippen molar-refractivity contribution in [3.05, 3.63) is 47.1 Å². The van der Waals surface area contributed by atoms with Gasteiger partial charge in [0.2, 0.25) is 5.89 Å². The lowest BCUT2D eigenvalue weighted by Crippen LogP contribution is -2.36. The molecule has 0 radical (unpaired) electrons. The molecule has 6 nitrogen and oxygen atoms in total. The van der Waals surface area contributed by atoms with Gasteiger partial charge in [-0.15, -0.1) is 0 Å². The van der Waals surface area contributed by atoms with Crippen LogP contribution in [0.25, 0.3) is 0 Å². The van der Waals surface area contributed by atoms with Crippen LogP contribution < -0.4 is 0 Å². The van der Waals surface area contributed by atoms with Crippen molar-refractivity contribution in [1.82, 2.24) is 15.0 Å². The molecule has 0 saturated carbocycles. The number of hydrogen-bond acceptors (Lipinski definition) is 4. The molecule has 2 aromatic rings. The normalized spacial score (nSPS) is 15.8. The van der Waals surface area contributed by atoms with Gasteiger partial charge in [0.25, 0.3) is 0 Å². The average molecular weight is 323 g/mol. The Morgan fingerprint density at radius 2 is 2.09 bits per heavy atom. The molecule has 1 aliphatic rings. The topological polar surface area (TPSA) is 79.5 Å². The van der Waals surface area contributed by atoms with Crippen molar-refractivity contribution in [2.75, 3.05) is 13.1 Å². The molecule has 1 saturated heterocycles. The maximum absolute atomic E-state index is 13.6. The van der Waals surface area contributed by atoms with Gasteiger partial charge in [-0.3, -0.25) is 0 Å². The lowest BCUT2D eigenvalue weighted by molar-refractivity contribution is 0.128. The third-order valence-electron chi connectivity index (χ3n) is 3.95. The third-order valence-corrected chi connectivity index (χ3v) is 3.95. The van der Waals surface area contributed by atoms with Gasteiger partial charge in [0, 0.05) is 25.4 Å². The molecule has 1 aromatic carbocycles. The lowest BCUT2D eigenvalue weighted by Gasteiger charge is -2.27. The predicted octanol–water partition coefficient (Wildman–Crippen LogP) is 2.80. The Morgan fingerprint density at radius 3 is 2.78 bits per heavy atom. The minimum atomic E-state index is -0.934. The van der Waals surface area contributed by atoms with Crippen molar-refractivity contribution in [3.8, 4) is 0 Å². The van der Waals surface area contributed by atoms with Gasteiger partial charge in [0.15, 0.2) is 5.82 Å². The van der Waals surface area contributed by atoms with Crippen LogP contribution in [0.3, 0.4) is 0 Å². The molecule has 1 amide bonds. The zero-order valence-corrected chi connectivity index (χ0v) is 12.2. The van der Waals surface area contributed by atoms with Crippen LogP contribution in [0.4, 0.5) is 13.6 Å². The van der Waals surface area contributed by atoms with Crippen LogP contribution in [-0.4, -0.2) is 39.3 Å². The molecule has 2 heterocycles. The number of rotatable bonds is 3. The summed E-state index contributed by atoms with van der Waals surface area (Å²) in [6.07, 6.45) is 0.308. The van der Waals surface area contributed by atoms with Gasteiger partial charge in [-0.1, -0.05) is 5.16 Å². The van der Waals surface area contributed by atoms with E-state index in [-0.39, 0.29) is 23.7 Å². The fraction of sp³-hybridized carbons (Fsp3) is 0.400. The Morgan fingerprint density at radius 1 is 1.35 bits per heavy atom. The SMILES string of the molecule is O=C(O)N1CCC(c2nc(Cc3cc(F)ccc3F)no2)CC1. The van der Waals surface area contributed by atoms with E-state index in [4.69, 9.17) is 9.63 Å². The van der Waals surface area contributed by atoms with Crippen LogP contribution in [0.2, 0.25) is 0 Å². The summed E-state index contributed by atoms with van der Waals surface area (Å²) in [5.41, 5.74) is 0.165. The number of carboxylic acid groups (broad SMARTS) is 1. The van der Waals surface area contributed by atoms with Crippen LogP contribution in [-0.2, 0) is 6.42 Å². The van der Waals surface area contributed by atoms with Crippen molar-refractivity contribution in [2.24, 2.45) is 0 Å². The number of benzene rings is 1. The van der Waals surface area contributed by atoms with E-state index in [2.05, 4.69) is 10.1 Å². The molecular formula is C15H15F2N3O3. The van der Waals surface area contributed by atoms with Gasteiger partial charge in [-0.2, -0.15) is 4.98 Å². The highest BCUT2D eigenvalue weighted by Crippen LogP contribution is 2.27. The summed E-state index contributed by atoms with van der Waals surface area (Å²) in [5.74, 6) is -0.352. The molecular weight excluding hydrogens is 308 g/mol. The third kappa shape index (κ3) is 3.46. The molecule has 1 fully saturated rings. The molecule has 1 aromatic heterocycles. The van der Waals surface area contributed by atoms with E-state index in [1.807, 2.05) is 0 Å².